The summed E-state index contributed by atoms with van der Waals surface area (Å²) in [6.45, 7) is 0. The van der Waals surface area contributed by atoms with Crippen LogP contribution in [0.2, 0.25) is 0 Å². The van der Waals surface area contributed by atoms with Crippen LogP contribution in [0.25, 0.3) is 0 Å². The van der Waals surface area contributed by atoms with E-state index in [2.05, 4.69) is 15.2 Å². The van der Waals surface area contributed by atoms with E-state index < -0.39 is 0 Å². The van der Waals surface area contributed by atoms with Gasteiger partial charge in [0.1, 0.15) is 23.0 Å². The van der Waals surface area contributed by atoms with Crippen LogP contribution in [0, 0.1) is 0 Å². The number of benzene rings is 4. The van der Waals surface area contributed by atoms with Gasteiger partial charge in [0.15, 0.2) is 0 Å². The average molecular weight is 536 g/mol. The van der Waals surface area contributed by atoms with Crippen molar-refractivity contribution in [1.82, 2.24) is 4.98 Å². The van der Waals surface area contributed by atoms with Gasteiger partial charge in [-0.2, -0.15) is 0 Å². The Hall–Kier alpha value is -4.69. The fourth-order valence-electron chi connectivity index (χ4n) is 5.04. The summed E-state index contributed by atoms with van der Waals surface area (Å²) in [6, 6.07) is 20.0. The Morgan fingerprint density at radius 3 is 1.31 bits per heavy atom. The standard InChI is InChI=1S/C31H25N3O4S/c35-27-18-4-1-5-19(27)13-21-7-3-9-23(29(21)37)15-25-17-26(33-34-31-32-10-11-39-31)16-24(30(25)38)14-22-8-2-6-20(12-18)28(22)36/h1-11,16-17,35-38H,12-15H2. The molecule has 1 heterocycles. The second-order valence-corrected chi connectivity index (χ2v) is 10.5. The van der Waals surface area contributed by atoms with Crippen molar-refractivity contribution in [2.75, 3.05) is 0 Å². The number of azo groups is 1. The average Bonchev–Trinajstić information content (AvgIpc) is 3.45. The van der Waals surface area contributed by atoms with Gasteiger partial charge >= 0.3 is 0 Å². The van der Waals surface area contributed by atoms with E-state index in [1.807, 2.05) is 60.0 Å². The Kier molecular flexibility index (Phi) is 6.46. The molecule has 6 rings (SSSR count). The zero-order chi connectivity index (χ0) is 26.9. The molecule has 194 valence electrons. The molecular formula is C31H25N3O4S. The van der Waals surface area contributed by atoms with Crippen molar-refractivity contribution in [2.45, 2.75) is 25.7 Å². The minimum atomic E-state index is 0.0766. The van der Waals surface area contributed by atoms with Crippen LogP contribution in [0.1, 0.15) is 44.5 Å². The molecule has 0 radical (unpaired) electrons. The third-order valence-corrected chi connectivity index (χ3v) is 7.71. The van der Waals surface area contributed by atoms with Gasteiger partial charge in [0.05, 0.1) is 5.69 Å². The first-order chi connectivity index (χ1) is 19.0. The lowest BCUT2D eigenvalue weighted by Crippen LogP contribution is -2.00. The van der Waals surface area contributed by atoms with E-state index in [0.717, 1.165) is 0 Å². The van der Waals surface area contributed by atoms with Crippen LogP contribution in [0.3, 0.4) is 0 Å². The number of phenolic OH excluding ortho intramolecular Hbond substituents is 4. The van der Waals surface area contributed by atoms with Gasteiger partial charge in [0.25, 0.3) is 0 Å². The lowest BCUT2D eigenvalue weighted by Gasteiger charge is -2.17. The number of hydrogen-bond acceptors (Lipinski definition) is 8. The first kappa shape index (κ1) is 24.6. The molecular weight excluding hydrogens is 510 g/mol. The van der Waals surface area contributed by atoms with Crippen LogP contribution in [-0.2, 0) is 25.7 Å². The second kappa shape index (κ2) is 10.2. The molecule has 39 heavy (non-hydrogen) atoms. The van der Waals surface area contributed by atoms with Crippen LogP contribution < -0.4 is 0 Å². The number of aromatic nitrogens is 1. The van der Waals surface area contributed by atoms with Gasteiger partial charge in [-0.1, -0.05) is 54.6 Å². The molecule has 1 aliphatic rings. The van der Waals surface area contributed by atoms with E-state index >= 15 is 0 Å². The lowest BCUT2D eigenvalue weighted by atomic mass is 9.91. The van der Waals surface area contributed by atoms with E-state index in [1.54, 1.807) is 18.3 Å². The summed E-state index contributed by atoms with van der Waals surface area (Å²) in [5.41, 5.74) is 5.62. The molecule has 8 heteroatoms. The van der Waals surface area contributed by atoms with Crippen LogP contribution >= 0.6 is 11.3 Å². The van der Waals surface area contributed by atoms with Crippen molar-refractivity contribution in [3.8, 4) is 23.0 Å². The molecule has 0 saturated heterocycles. The number of thiazole rings is 1. The van der Waals surface area contributed by atoms with Crippen molar-refractivity contribution < 1.29 is 20.4 Å². The molecule has 0 spiro atoms. The van der Waals surface area contributed by atoms with Crippen LogP contribution in [0.5, 0.6) is 23.0 Å². The number of nitrogens with zero attached hydrogens (tertiary/aromatic N) is 3. The van der Waals surface area contributed by atoms with Crippen LogP contribution in [0.4, 0.5) is 10.8 Å². The minimum absolute atomic E-state index is 0.0766. The van der Waals surface area contributed by atoms with Crippen LogP contribution in [-0.4, -0.2) is 25.4 Å². The Balaban J connectivity index is 1.53. The van der Waals surface area contributed by atoms with E-state index in [-0.39, 0.29) is 35.8 Å². The predicted molar refractivity (Wildman–Crippen MR) is 150 cm³/mol. The summed E-state index contributed by atoms with van der Waals surface area (Å²) >= 11 is 1.37. The SMILES string of the molecule is Oc1c2cccc1Cc1cccc(c1O)Cc1cc(N=Nc3nccs3)cc(c1O)Cc1cccc(c1O)C2. The van der Waals surface area contributed by atoms with Crippen molar-refractivity contribution in [1.29, 1.82) is 0 Å². The summed E-state index contributed by atoms with van der Waals surface area (Å²) in [4.78, 5) is 4.15. The molecule has 0 atom stereocenters. The normalized spacial score (nSPS) is 13.0. The second-order valence-electron chi connectivity index (χ2n) is 9.61. The lowest BCUT2D eigenvalue weighted by molar-refractivity contribution is 0.450. The maximum atomic E-state index is 11.3. The zero-order valence-corrected chi connectivity index (χ0v) is 21.7. The number of para-hydroxylation sites is 3. The summed E-state index contributed by atoms with van der Waals surface area (Å²) < 4.78 is 0. The number of phenols is 4. The number of aromatic hydroxyl groups is 4. The van der Waals surface area contributed by atoms with Gasteiger partial charge in [0.2, 0.25) is 5.13 Å². The highest BCUT2D eigenvalue weighted by Crippen LogP contribution is 2.39. The molecule has 8 bridgehead atoms. The molecule has 0 unspecified atom stereocenters. The highest BCUT2D eigenvalue weighted by atomic mass is 32.1. The van der Waals surface area contributed by atoms with Crippen molar-refractivity contribution in [3.05, 3.63) is 123 Å². The summed E-state index contributed by atoms with van der Waals surface area (Å²) in [5.74, 6) is 0.464. The third-order valence-electron chi connectivity index (χ3n) is 7.06. The monoisotopic (exact) mass is 535 g/mol. The van der Waals surface area contributed by atoms with Gasteiger partial charge in [0, 0.05) is 48.4 Å². The van der Waals surface area contributed by atoms with Crippen molar-refractivity contribution in [2.24, 2.45) is 10.2 Å². The zero-order valence-electron chi connectivity index (χ0n) is 20.9. The Morgan fingerprint density at radius 1 is 0.538 bits per heavy atom. The fraction of sp³-hybridized carbons (Fsp3) is 0.129. The van der Waals surface area contributed by atoms with E-state index in [1.165, 1.54) is 11.3 Å². The maximum Gasteiger partial charge on any atom is 0.229 e. The van der Waals surface area contributed by atoms with Gasteiger partial charge in [-0.25, -0.2) is 4.98 Å². The van der Waals surface area contributed by atoms with Crippen molar-refractivity contribution >= 4 is 22.2 Å². The predicted octanol–water partition coefficient (Wildman–Crippen LogP) is 7.06. The smallest absolute Gasteiger partial charge is 0.229 e. The van der Waals surface area contributed by atoms with Gasteiger partial charge in [-0.15, -0.1) is 21.6 Å². The van der Waals surface area contributed by atoms with Crippen LogP contribution in [0.15, 0.2) is 88.5 Å². The topological polar surface area (TPSA) is 119 Å². The summed E-state index contributed by atoms with van der Waals surface area (Å²) in [7, 11) is 0. The maximum absolute atomic E-state index is 11.3. The first-order valence-electron chi connectivity index (χ1n) is 12.5. The van der Waals surface area contributed by atoms with Gasteiger partial charge < -0.3 is 20.4 Å². The molecule has 7 nitrogen and oxygen atoms in total. The molecule has 0 aliphatic heterocycles. The molecule has 0 amide bonds. The Morgan fingerprint density at radius 2 is 0.923 bits per heavy atom. The highest BCUT2D eigenvalue weighted by Gasteiger charge is 2.19. The number of hydrogen-bond donors (Lipinski definition) is 4. The minimum Gasteiger partial charge on any atom is -0.507 e. The van der Waals surface area contributed by atoms with E-state index in [9.17, 15) is 20.4 Å². The summed E-state index contributed by atoms with van der Waals surface area (Å²) in [5, 5.41) is 55.7. The summed E-state index contributed by atoms with van der Waals surface area (Å²) in [6.07, 6.45) is 2.80. The molecule has 0 saturated carbocycles. The van der Waals surface area contributed by atoms with Gasteiger partial charge in [-0.3, -0.25) is 0 Å². The van der Waals surface area contributed by atoms with E-state index in [4.69, 9.17) is 0 Å². The molecule has 4 aromatic carbocycles. The Bertz CT molecular complexity index is 1620. The fourth-order valence-corrected chi connectivity index (χ4v) is 5.50. The molecule has 0 fully saturated rings. The highest BCUT2D eigenvalue weighted by molar-refractivity contribution is 7.13. The largest absolute Gasteiger partial charge is 0.507 e. The molecule has 1 aromatic heterocycles. The molecule has 1 aliphatic carbocycles. The Labute approximate surface area is 229 Å². The van der Waals surface area contributed by atoms with Crippen molar-refractivity contribution in [3.63, 3.8) is 0 Å². The first-order valence-corrected chi connectivity index (χ1v) is 13.4. The number of rotatable bonds is 2. The quantitative estimate of drug-likeness (QED) is 0.177. The molecule has 4 N–H and O–H groups in total. The van der Waals surface area contributed by atoms with E-state index in [0.29, 0.717) is 68.2 Å². The number of fused-ring (bicyclic) bond motifs is 8. The third kappa shape index (κ3) is 4.94. The molecule has 5 aromatic rings. The van der Waals surface area contributed by atoms with Gasteiger partial charge in [-0.05, 0) is 45.5 Å².